The molecule has 0 saturated carbocycles. The van der Waals surface area contributed by atoms with E-state index in [1.807, 2.05) is 6.92 Å². The Morgan fingerprint density at radius 1 is 1.57 bits per heavy atom. The molecule has 0 bridgehead atoms. The lowest BCUT2D eigenvalue weighted by Crippen LogP contribution is -2.31. The van der Waals surface area contributed by atoms with Crippen LogP contribution in [-0.2, 0) is 0 Å². The van der Waals surface area contributed by atoms with Crippen LogP contribution in [0.5, 0.6) is 0 Å². The molecule has 7 heavy (non-hydrogen) atoms. The van der Waals surface area contributed by atoms with Gasteiger partial charge in [-0.3, -0.25) is 0 Å². The van der Waals surface area contributed by atoms with Crippen molar-refractivity contribution in [3.05, 3.63) is 0 Å². The van der Waals surface area contributed by atoms with Crippen LogP contribution in [0.1, 0.15) is 6.92 Å². The molecule has 0 aliphatic heterocycles. The van der Waals surface area contributed by atoms with Crippen molar-refractivity contribution in [2.75, 3.05) is 6.54 Å². The van der Waals surface area contributed by atoms with Gasteiger partial charge in [-0.2, -0.15) is 5.11 Å². The Balaban J connectivity index is 3.08. The summed E-state index contributed by atoms with van der Waals surface area (Å²) in [5, 5.41) is 7.40. The zero-order valence-corrected chi connectivity index (χ0v) is 4.20. The molecule has 5 nitrogen and oxygen atoms in total. The fourth-order valence-electron chi connectivity index (χ4n) is 0.136. The molecule has 0 unspecified atom stereocenters. The van der Waals surface area contributed by atoms with Crippen LogP contribution in [0.25, 0.3) is 0 Å². The summed E-state index contributed by atoms with van der Waals surface area (Å²) in [7, 11) is 0. The highest BCUT2D eigenvalue weighted by molar-refractivity contribution is 4.17. The molecule has 0 fully saturated rings. The summed E-state index contributed by atoms with van der Waals surface area (Å²) >= 11 is 0. The lowest BCUT2D eigenvalue weighted by Gasteiger charge is -1.96. The Kier molecular flexibility index (Phi) is 3.17. The number of nitrogens with zero attached hydrogens (tertiary/aromatic N) is 3. The van der Waals surface area contributed by atoms with Gasteiger partial charge in [-0.1, -0.05) is 0 Å². The van der Waals surface area contributed by atoms with Gasteiger partial charge in [0.2, 0.25) is 0 Å². The lowest BCUT2D eigenvalue weighted by atomic mass is 10.8. The fraction of sp³-hybridized carbons (Fsp3) is 1.00. The molecular formula is C2H9N5. The molecule has 0 aromatic carbocycles. The summed E-state index contributed by atoms with van der Waals surface area (Å²) < 4.78 is 0. The van der Waals surface area contributed by atoms with Gasteiger partial charge < -0.3 is 0 Å². The molecule has 0 rings (SSSR count). The van der Waals surface area contributed by atoms with Crippen LogP contribution in [0, 0.1) is 0 Å². The van der Waals surface area contributed by atoms with Gasteiger partial charge in [-0.15, -0.1) is 5.23 Å². The van der Waals surface area contributed by atoms with Gasteiger partial charge >= 0.3 is 0 Å². The first-order valence-corrected chi connectivity index (χ1v) is 1.94. The number of hydrogen-bond acceptors (Lipinski definition) is 4. The molecule has 0 aliphatic rings. The highest BCUT2D eigenvalue weighted by atomic mass is 15.8. The van der Waals surface area contributed by atoms with E-state index in [1.165, 1.54) is 0 Å². The van der Waals surface area contributed by atoms with Crippen LogP contribution in [-0.4, -0.2) is 11.8 Å². The second-order valence-electron chi connectivity index (χ2n) is 0.927. The van der Waals surface area contributed by atoms with Crippen molar-refractivity contribution >= 4 is 0 Å². The molecule has 5 heteroatoms. The monoisotopic (exact) mass is 103 g/mol. The van der Waals surface area contributed by atoms with Gasteiger partial charge in [0, 0.05) is 0 Å². The van der Waals surface area contributed by atoms with E-state index in [1.54, 1.807) is 0 Å². The van der Waals surface area contributed by atoms with Crippen molar-refractivity contribution in [1.29, 1.82) is 0 Å². The van der Waals surface area contributed by atoms with Crippen LogP contribution in [0.15, 0.2) is 10.3 Å². The van der Waals surface area contributed by atoms with E-state index in [4.69, 9.17) is 11.7 Å². The predicted molar refractivity (Wildman–Crippen MR) is 25.6 cm³/mol. The first-order valence-electron chi connectivity index (χ1n) is 1.94. The summed E-state index contributed by atoms with van der Waals surface area (Å²) in [6.07, 6.45) is 0. The normalized spacial score (nSPS) is 10.1. The molecule has 4 N–H and O–H groups in total. The molecule has 42 valence electrons. The van der Waals surface area contributed by atoms with E-state index in [0.29, 0.717) is 11.8 Å². The third-order valence-corrected chi connectivity index (χ3v) is 0.308. The smallest absolute Gasteiger partial charge is 0.0593 e. The Morgan fingerprint density at radius 3 is 2.29 bits per heavy atom. The summed E-state index contributed by atoms with van der Waals surface area (Å²) in [6.45, 7) is 2.44. The predicted octanol–water partition coefficient (Wildman–Crippen LogP) is -0.577. The summed E-state index contributed by atoms with van der Waals surface area (Å²) in [6, 6.07) is 0. The van der Waals surface area contributed by atoms with Gasteiger partial charge in [0.15, 0.2) is 0 Å². The van der Waals surface area contributed by atoms with Gasteiger partial charge in [0.05, 0.1) is 6.54 Å². The molecule has 0 aromatic heterocycles. The van der Waals surface area contributed by atoms with Crippen LogP contribution in [0.4, 0.5) is 0 Å². The summed E-state index contributed by atoms with van der Waals surface area (Å²) in [5.41, 5.74) is 0. The van der Waals surface area contributed by atoms with E-state index >= 15 is 0 Å². The molecule has 0 spiro atoms. The van der Waals surface area contributed by atoms with Crippen LogP contribution < -0.4 is 11.7 Å². The SMILES string of the molecule is CCN=NN(N)N. The zero-order valence-electron chi connectivity index (χ0n) is 4.20. The van der Waals surface area contributed by atoms with E-state index in [2.05, 4.69) is 10.3 Å². The zero-order chi connectivity index (χ0) is 5.70. The van der Waals surface area contributed by atoms with Gasteiger partial charge in [0.1, 0.15) is 0 Å². The van der Waals surface area contributed by atoms with Crippen LogP contribution in [0.3, 0.4) is 0 Å². The molecular weight excluding hydrogens is 94.1 g/mol. The average Bonchev–Trinajstić information content (AvgIpc) is 1.61. The number of hydrazine groups is 2. The highest BCUT2D eigenvalue weighted by Gasteiger charge is 1.71. The molecule has 0 amide bonds. The van der Waals surface area contributed by atoms with Gasteiger partial charge in [-0.25, -0.2) is 11.7 Å². The van der Waals surface area contributed by atoms with Gasteiger partial charge in [0.25, 0.3) is 0 Å². The summed E-state index contributed by atoms with van der Waals surface area (Å²) in [4.78, 5) is 0. The van der Waals surface area contributed by atoms with Crippen molar-refractivity contribution in [1.82, 2.24) is 5.23 Å². The van der Waals surface area contributed by atoms with Gasteiger partial charge in [-0.05, 0) is 12.1 Å². The molecule has 0 aromatic rings. The largest absolute Gasteiger partial charge is 0.214 e. The number of hydrogen-bond donors (Lipinski definition) is 2. The lowest BCUT2D eigenvalue weighted by molar-refractivity contribution is 0.285. The molecule has 0 atom stereocenters. The van der Waals surface area contributed by atoms with E-state index in [0.717, 1.165) is 0 Å². The average molecular weight is 103 g/mol. The van der Waals surface area contributed by atoms with Crippen molar-refractivity contribution in [3.63, 3.8) is 0 Å². The number of nitrogens with two attached hydrogens (primary N) is 2. The maximum Gasteiger partial charge on any atom is 0.0593 e. The Morgan fingerprint density at radius 2 is 2.14 bits per heavy atom. The summed E-state index contributed by atoms with van der Waals surface area (Å²) in [5.74, 6) is 9.66. The molecule has 0 aliphatic carbocycles. The molecule has 0 radical (unpaired) electrons. The highest BCUT2D eigenvalue weighted by Crippen LogP contribution is 1.69. The van der Waals surface area contributed by atoms with Crippen LogP contribution in [0.2, 0.25) is 0 Å². The van der Waals surface area contributed by atoms with Crippen molar-refractivity contribution < 1.29 is 0 Å². The van der Waals surface area contributed by atoms with E-state index in [-0.39, 0.29) is 0 Å². The van der Waals surface area contributed by atoms with E-state index in [9.17, 15) is 0 Å². The quantitative estimate of drug-likeness (QED) is 0.279. The standard InChI is InChI=1S/C2H9N5/c1-2-5-6-7(3)4/h2-4H2,1H3. The third-order valence-electron chi connectivity index (χ3n) is 0.308. The minimum Gasteiger partial charge on any atom is -0.214 e. The minimum absolute atomic E-state index is 0.602. The van der Waals surface area contributed by atoms with E-state index < -0.39 is 0 Å². The van der Waals surface area contributed by atoms with Crippen molar-refractivity contribution in [2.45, 2.75) is 6.92 Å². The second-order valence-corrected chi connectivity index (χ2v) is 0.927. The number of rotatable bonds is 2. The van der Waals surface area contributed by atoms with Crippen molar-refractivity contribution in [3.8, 4) is 0 Å². The second kappa shape index (κ2) is 3.51. The minimum atomic E-state index is 0.602. The maximum absolute atomic E-state index is 4.83. The van der Waals surface area contributed by atoms with Crippen molar-refractivity contribution in [2.24, 2.45) is 22.0 Å². The molecule has 0 heterocycles. The first-order chi connectivity index (χ1) is 3.27. The third kappa shape index (κ3) is 5.32. The Bertz CT molecular complexity index is 57.1. The first kappa shape index (κ1) is 6.32. The Hall–Kier alpha value is -0.680. The maximum atomic E-state index is 4.83. The fourth-order valence-corrected chi connectivity index (χ4v) is 0.136. The molecule has 0 saturated heterocycles. The van der Waals surface area contributed by atoms with Crippen LogP contribution >= 0.6 is 0 Å². The topological polar surface area (TPSA) is 80.0 Å². The Labute approximate surface area is 41.9 Å².